The smallest absolute Gasteiger partial charge is 0.338 e. The number of carboxylic acids is 2. The number of nitrogens with zero attached hydrogens (tertiary/aromatic N) is 1. The van der Waals surface area contributed by atoms with Gasteiger partial charge in [-0.15, -0.1) is 0 Å². The average molecular weight is 572 g/mol. The van der Waals surface area contributed by atoms with E-state index in [1.165, 1.54) is 0 Å². The maximum atomic E-state index is 12.5. The Balaban J connectivity index is 1.54. The topological polar surface area (TPSA) is 107 Å². The third-order valence-electron chi connectivity index (χ3n) is 6.16. The molecule has 2 N–H and O–H groups in total. The summed E-state index contributed by atoms with van der Waals surface area (Å²) in [5, 5.41) is 20.6. The molecule has 0 saturated heterocycles. The van der Waals surface area contributed by atoms with E-state index in [1.54, 1.807) is 95.6 Å². The lowest BCUT2D eigenvalue weighted by molar-refractivity contribution is -0.136. The zero-order valence-electron chi connectivity index (χ0n) is 22.2. The molecule has 1 aromatic heterocycles. The number of hydrogen-bond donors (Lipinski definition) is 2. The van der Waals surface area contributed by atoms with Crippen LogP contribution < -0.4 is 14.2 Å². The molecule has 208 valence electrons. The van der Waals surface area contributed by atoms with Gasteiger partial charge in [-0.3, -0.25) is 4.79 Å². The molecule has 0 aliphatic heterocycles. The first-order valence-corrected chi connectivity index (χ1v) is 13.2. The molecule has 8 nitrogen and oxygen atoms in total. The van der Waals surface area contributed by atoms with Crippen molar-refractivity contribution in [2.45, 2.75) is 26.4 Å². The van der Waals surface area contributed by atoms with Gasteiger partial charge in [0.2, 0.25) is 0 Å². The molecule has 0 bridgehead atoms. The van der Waals surface area contributed by atoms with Crippen LogP contribution in [0.15, 0.2) is 91.0 Å². The highest BCUT2D eigenvalue weighted by Gasteiger charge is 2.25. The Morgan fingerprint density at radius 3 is 2.05 bits per heavy atom. The number of fused-ring (bicyclic) bond motifs is 1. The van der Waals surface area contributed by atoms with E-state index in [0.29, 0.717) is 50.4 Å². The summed E-state index contributed by atoms with van der Waals surface area (Å²) in [5.74, 6) is 0.248. The van der Waals surface area contributed by atoms with Crippen LogP contribution in [0.4, 0.5) is 0 Å². The molecule has 9 heteroatoms. The van der Waals surface area contributed by atoms with E-state index in [0.717, 1.165) is 0 Å². The van der Waals surface area contributed by atoms with Crippen LogP contribution in [0, 0.1) is 0 Å². The number of aromatic carboxylic acids is 1. The van der Waals surface area contributed by atoms with Crippen molar-refractivity contribution in [3.8, 4) is 34.4 Å². The second-order valence-electron chi connectivity index (χ2n) is 9.48. The fraction of sp³-hybridized carbons (Fsp3) is 0.125. The second kappa shape index (κ2) is 11.7. The van der Waals surface area contributed by atoms with Gasteiger partial charge in [-0.25, -0.2) is 4.79 Å². The molecular formula is C32H26ClNO7. The van der Waals surface area contributed by atoms with Gasteiger partial charge >= 0.3 is 11.9 Å². The monoisotopic (exact) mass is 571 g/mol. The maximum Gasteiger partial charge on any atom is 0.338 e. The molecule has 41 heavy (non-hydrogen) atoms. The first-order valence-electron chi connectivity index (χ1n) is 12.8. The lowest BCUT2D eigenvalue weighted by atomic mass is 10.1. The van der Waals surface area contributed by atoms with E-state index in [2.05, 4.69) is 0 Å². The molecule has 0 aliphatic rings. The molecule has 0 unspecified atom stereocenters. The number of hydrogen-bond acceptors (Lipinski definition) is 5. The Hall–Kier alpha value is -4.95. The number of carbonyl (C=O) groups is 2. The zero-order valence-corrected chi connectivity index (χ0v) is 23.0. The molecular weight excluding hydrogens is 546 g/mol. The molecule has 1 heterocycles. The van der Waals surface area contributed by atoms with Crippen LogP contribution >= 0.6 is 11.6 Å². The van der Waals surface area contributed by atoms with Crippen LogP contribution in [0.1, 0.15) is 29.9 Å². The Morgan fingerprint density at radius 2 is 1.41 bits per heavy atom. The van der Waals surface area contributed by atoms with Crippen LogP contribution in [0.2, 0.25) is 5.02 Å². The van der Waals surface area contributed by atoms with Crippen LogP contribution in [-0.2, 0) is 11.2 Å². The van der Waals surface area contributed by atoms with E-state index in [1.807, 2.05) is 13.8 Å². The summed E-state index contributed by atoms with van der Waals surface area (Å²) in [6, 6.07) is 26.1. The number of aliphatic carboxylic acids is 1. The number of aromatic nitrogens is 1. The summed E-state index contributed by atoms with van der Waals surface area (Å²) in [6.07, 6.45) is -0.462. The standard InChI is InChI=1S/C32H26ClNO7/c1-19(2)39-21-11-13-22(14-12-21)40-24-15-16-27-25(17-24)31(32(37)38)28(18-30(35)36)34(27)20-7-9-23(10-8-20)41-29-6-4-3-5-26(29)33/h3-17,19H,18H2,1-2H3,(H,35,36)(H,37,38). The fourth-order valence-corrected chi connectivity index (χ4v) is 4.72. The highest BCUT2D eigenvalue weighted by atomic mass is 35.5. The summed E-state index contributed by atoms with van der Waals surface area (Å²) < 4.78 is 19.2. The summed E-state index contributed by atoms with van der Waals surface area (Å²) in [6.45, 7) is 3.88. The van der Waals surface area contributed by atoms with E-state index >= 15 is 0 Å². The molecule has 0 radical (unpaired) electrons. The third kappa shape index (κ3) is 6.13. The molecule has 0 fully saturated rings. The molecule has 0 aliphatic carbocycles. The lowest BCUT2D eigenvalue weighted by Crippen LogP contribution is -2.11. The summed E-state index contributed by atoms with van der Waals surface area (Å²) >= 11 is 6.20. The van der Waals surface area contributed by atoms with Crippen LogP contribution in [0.5, 0.6) is 28.7 Å². The largest absolute Gasteiger partial charge is 0.491 e. The van der Waals surface area contributed by atoms with Crippen LogP contribution in [0.3, 0.4) is 0 Å². The maximum absolute atomic E-state index is 12.5. The van der Waals surface area contributed by atoms with Gasteiger partial charge < -0.3 is 29.0 Å². The molecule has 0 amide bonds. The first-order chi connectivity index (χ1) is 19.7. The first kappa shape index (κ1) is 27.6. The molecule has 5 rings (SSSR count). The molecule has 5 aromatic rings. The number of rotatable bonds is 10. The van der Waals surface area contributed by atoms with Crippen molar-refractivity contribution in [1.29, 1.82) is 0 Å². The van der Waals surface area contributed by atoms with E-state index < -0.39 is 18.4 Å². The predicted molar refractivity (Wildman–Crippen MR) is 155 cm³/mol. The molecule has 4 aromatic carbocycles. The molecule has 0 atom stereocenters. The Labute approximate surface area is 240 Å². The summed E-state index contributed by atoms with van der Waals surface area (Å²) in [5.41, 5.74) is 1.11. The van der Waals surface area contributed by atoms with Crippen molar-refractivity contribution in [2.75, 3.05) is 0 Å². The van der Waals surface area contributed by atoms with E-state index in [-0.39, 0.29) is 17.4 Å². The van der Waals surface area contributed by atoms with E-state index in [4.69, 9.17) is 25.8 Å². The number of halogens is 1. The van der Waals surface area contributed by atoms with Crippen molar-refractivity contribution in [3.05, 3.63) is 107 Å². The normalized spacial score (nSPS) is 11.0. The fourth-order valence-electron chi connectivity index (χ4n) is 4.54. The van der Waals surface area contributed by atoms with Crippen molar-refractivity contribution >= 4 is 34.4 Å². The Morgan fingerprint density at radius 1 is 0.805 bits per heavy atom. The SMILES string of the molecule is CC(C)Oc1ccc(Oc2ccc3c(c2)c(C(=O)O)c(CC(=O)O)n3-c2ccc(Oc3ccccc3Cl)cc2)cc1. The summed E-state index contributed by atoms with van der Waals surface area (Å²) in [7, 11) is 0. The molecule has 0 spiro atoms. The number of para-hydroxylation sites is 1. The van der Waals surface area contributed by atoms with Crippen LogP contribution in [-0.4, -0.2) is 32.8 Å². The van der Waals surface area contributed by atoms with Gasteiger partial charge in [0.05, 0.1) is 28.6 Å². The van der Waals surface area contributed by atoms with Crippen LogP contribution in [0.25, 0.3) is 16.6 Å². The third-order valence-corrected chi connectivity index (χ3v) is 6.47. The highest BCUT2D eigenvalue weighted by Crippen LogP contribution is 2.36. The lowest BCUT2D eigenvalue weighted by Gasteiger charge is -2.13. The van der Waals surface area contributed by atoms with Gasteiger partial charge in [-0.1, -0.05) is 23.7 Å². The quantitative estimate of drug-likeness (QED) is 0.175. The van der Waals surface area contributed by atoms with Gasteiger partial charge in [-0.2, -0.15) is 0 Å². The number of benzene rings is 4. The minimum atomic E-state index is -1.24. The van der Waals surface area contributed by atoms with Crippen molar-refractivity contribution in [3.63, 3.8) is 0 Å². The zero-order chi connectivity index (χ0) is 29.1. The predicted octanol–water partition coefficient (Wildman–Crippen LogP) is 7.98. The molecule has 0 saturated carbocycles. The minimum Gasteiger partial charge on any atom is -0.491 e. The number of carboxylic acid groups (broad SMARTS) is 2. The summed E-state index contributed by atoms with van der Waals surface area (Å²) in [4.78, 5) is 24.3. The van der Waals surface area contributed by atoms with Gasteiger partial charge in [0, 0.05) is 16.8 Å². The van der Waals surface area contributed by atoms with Gasteiger partial charge in [0.15, 0.2) is 0 Å². The highest BCUT2D eigenvalue weighted by molar-refractivity contribution is 6.32. The van der Waals surface area contributed by atoms with Gasteiger partial charge in [0.1, 0.15) is 28.7 Å². The number of ether oxygens (including phenoxy) is 3. The van der Waals surface area contributed by atoms with Crippen molar-refractivity contribution < 1.29 is 34.0 Å². The van der Waals surface area contributed by atoms with Crippen molar-refractivity contribution in [1.82, 2.24) is 4.57 Å². The minimum absolute atomic E-state index is 0.0359. The van der Waals surface area contributed by atoms with E-state index in [9.17, 15) is 19.8 Å². The Bertz CT molecular complexity index is 1720. The van der Waals surface area contributed by atoms with Gasteiger partial charge in [0.25, 0.3) is 0 Å². The average Bonchev–Trinajstić information content (AvgIpc) is 3.24. The second-order valence-corrected chi connectivity index (χ2v) is 9.89. The van der Waals surface area contributed by atoms with Crippen molar-refractivity contribution in [2.24, 2.45) is 0 Å². The van der Waals surface area contributed by atoms with Gasteiger partial charge in [-0.05, 0) is 92.7 Å². The Kier molecular flexibility index (Phi) is 7.85.